The third-order valence-electron chi connectivity index (χ3n) is 4.44. The largest absolute Gasteiger partial charge is 0.306 e. The lowest BCUT2D eigenvalue weighted by atomic mass is 9.80. The standard InChI is InChI=1S/C13H26N2/c1-12(2)15-8-4-5-13(7-10-15)6-9-14(3)11-13/h12H,4-11H2,1-3H3. The van der Waals surface area contributed by atoms with Crippen molar-refractivity contribution in [2.75, 3.05) is 33.2 Å². The second kappa shape index (κ2) is 4.42. The quantitative estimate of drug-likeness (QED) is 0.655. The topological polar surface area (TPSA) is 6.48 Å². The lowest BCUT2D eigenvalue weighted by molar-refractivity contribution is 0.205. The maximum absolute atomic E-state index is 2.66. The van der Waals surface area contributed by atoms with Crippen molar-refractivity contribution < 1.29 is 0 Å². The number of nitrogens with zero attached hydrogens (tertiary/aromatic N) is 2. The van der Waals surface area contributed by atoms with E-state index in [1.165, 1.54) is 51.9 Å². The molecule has 2 aliphatic rings. The van der Waals surface area contributed by atoms with E-state index in [2.05, 4.69) is 30.7 Å². The molecule has 2 rings (SSSR count). The van der Waals surface area contributed by atoms with Crippen LogP contribution in [0.15, 0.2) is 0 Å². The van der Waals surface area contributed by atoms with Crippen LogP contribution >= 0.6 is 0 Å². The summed E-state index contributed by atoms with van der Waals surface area (Å²) in [5, 5.41) is 0. The summed E-state index contributed by atoms with van der Waals surface area (Å²) < 4.78 is 0. The van der Waals surface area contributed by atoms with Crippen molar-refractivity contribution in [1.82, 2.24) is 9.80 Å². The first-order valence-corrected chi connectivity index (χ1v) is 6.54. The van der Waals surface area contributed by atoms with Gasteiger partial charge in [-0.05, 0) is 71.6 Å². The van der Waals surface area contributed by atoms with E-state index < -0.39 is 0 Å². The SMILES string of the molecule is CC(C)N1CCCC2(CCN(C)C2)CC1. The molecular weight excluding hydrogens is 184 g/mol. The van der Waals surface area contributed by atoms with E-state index in [0.29, 0.717) is 5.41 Å². The van der Waals surface area contributed by atoms with Crippen molar-refractivity contribution in [1.29, 1.82) is 0 Å². The lowest BCUT2D eigenvalue weighted by Crippen LogP contribution is -2.33. The summed E-state index contributed by atoms with van der Waals surface area (Å²) in [7, 11) is 2.28. The predicted molar refractivity (Wildman–Crippen MR) is 65.1 cm³/mol. The molecule has 2 nitrogen and oxygen atoms in total. The van der Waals surface area contributed by atoms with Crippen LogP contribution in [0.5, 0.6) is 0 Å². The van der Waals surface area contributed by atoms with Gasteiger partial charge in [0.25, 0.3) is 0 Å². The van der Waals surface area contributed by atoms with Crippen LogP contribution in [0.3, 0.4) is 0 Å². The molecule has 0 saturated carbocycles. The number of likely N-dealkylation sites (tertiary alicyclic amines) is 2. The number of hydrogen-bond acceptors (Lipinski definition) is 2. The van der Waals surface area contributed by atoms with Crippen LogP contribution in [0.25, 0.3) is 0 Å². The van der Waals surface area contributed by atoms with Crippen LogP contribution in [0.2, 0.25) is 0 Å². The third-order valence-corrected chi connectivity index (χ3v) is 4.44. The summed E-state index contributed by atoms with van der Waals surface area (Å²) in [4.78, 5) is 5.18. The highest BCUT2D eigenvalue weighted by atomic mass is 15.2. The molecule has 0 radical (unpaired) electrons. The van der Waals surface area contributed by atoms with Gasteiger partial charge in [0, 0.05) is 12.6 Å². The number of hydrogen-bond donors (Lipinski definition) is 0. The van der Waals surface area contributed by atoms with Gasteiger partial charge in [0.2, 0.25) is 0 Å². The van der Waals surface area contributed by atoms with Crippen LogP contribution in [-0.2, 0) is 0 Å². The molecule has 0 amide bonds. The van der Waals surface area contributed by atoms with Gasteiger partial charge < -0.3 is 9.80 Å². The normalized spacial score (nSPS) is 35.2. The van der Waals surface area contributed by atoms with Crippen LogP contribution in [0, 0.1) is 5.41 Å². The van der Waals surface area contributed by atoms with Crippen LogP contribution < -0.4 is 0 Å². The zero-order valence-corrected chi connectivity index (χ0v) is 10.6. The highest BCUT2D eigenvalue weighted by Gasteiger charge is 2.37. The molecule has 2 saturated heterocycles. The Bertz CT molecular complexity index is 215. The highest BCUT2D eigenvalue weighted by Crippen LogP contribution is 2.39. The smallest absolute Gasteiger partial charge is 0.00385 e. The summed E-state index contributed by atoms with van der Waals surface area (Å²) in [6.07, 6.45) is 5.73. The van der Waals surface area contributed by atoms with E-state index in [-0.39, 0.29) is 0 Å². The Morgan fingerprint density at radius 3 is 2.33 bits per heavy atom. The molecule has 0 aliphatic carbocycles. The number of rotatable bonds is 1. The molecular formula is C13H26N2. The molecule has 2 fully saturated rings. The van der Waals surface area contributed by atoms with Gasteiger partial charge in [-0.1, -0.05) is 0 Å². The van der Waals surface area contributed by atoms with Crippen molar-refractivity contribution in [2.45, 2.75) is 45.6 Å². The fraction of sp³-hybridized carbons (Fsp3) is 1.00. The van der Waals surface area contributed by atoms with E-state index in [0.717, 1.165) is 6.04 Å². The Labute approximate surface area is 94.6 Å². The lowest BCUT2D eigenvalue weighted by Gasteiger charge is -2.28. The van der Waals surface area contributed by atoms with E-state index in [1.54, 1.807) is 0 Å². The minimum atomic E-state index is 0.679. The first kappa shape index (κ1) is 11.4. The molecule has 1 spiro atoms. The van der Waals surface area contributed by atoms with Gasteiger partial charge in [-0.15, -0.1) is 0 Å². The maximum Gasteiger partial charge on any atom is 0.00385 e. The summed E-state index contributed by atoms with van der Waals surface area (Å²) in [5.41, 5.74) is 0.679. The van der Waals surface area contributed by atoms with Gasteiger partial charge >= 0.3 is 0 Å². The van der Waals surface area contributed by atoms with Gasteiger partial charge in [0.15, 0.2) is 0 Å². The average molecular weight is 210 g/mol. The average Bonchev–Trinajstić information content (AvgIpc) is 2.43. The van der Waals surface area contributed by atoms with Crippen molar-refractivity contribution in [3.05, 3.63) is 0 Å². The van der Waals surface area contributed by atoms with Crippen molar-refractivity contribution >= 4 is 0 Å². The van der Waals surface area contributed by atoms with Gasteiger partial charge in [-0.3, -0.25) is 0 Å². The summed E-state index contributed by atoms with van der Waals surface area (Å²) in [5.74, 6) is 0. The Morgan fingerprint density at radius 1 is 1.00 bits per heavy atom. The Hall–Kier alpha value is -0.0800. The zero-order chi connectivity index (χ0) is 10.9. The minimum Gasteiger partial charge on any atom is -0.306 e. The van der Waals surface area contributed by atoms with E-state index in [9.17, 15) is 0 Å². The van der Waals surface area contributed by atoms with E-state index in [1.807, 2.05) is 0 Å². The second-order valence-electron chi connectivity index (χ2n) is 5.97. The molecule has 2 aliphatic heterocycles. The fourth-order valence-electron chi connectivity index (χ4n) is 3.36. The second-order valence-corrected chi connectivity index (χ2v) is 5.97. The Balaban J connectivity index is 1.95. The molecule has 0 bridgehead atoms. The third kappa shape index (κ3) is 2.54. The maximum atomic E-state index is 2.66. The molecule has 15 heavy (non-hydrogen) atoms. The molecule has 1 unspecified atom stereocenters. The highest BCUT2D eigenvalue weighted by molar-refractivity contribution is 4.91. The zero-order valence-electron chi connectivity index (χ0n) is 10.6. The molecule has 2 heterocycles. The molecule has 1 atom stereocenters. The van der Waals surface area contributed by atoms with Crippen LogP contribution in [-0.4, -0.2) is 49.1 Å². The van der Waals surface area contributed by atoms with Gasteiger partial charge in [0.1, 0.15) is 0 Å². The molecule has 88 valence electrons. The van der Waals surface area contributed by atoms with Gasteiger partial charge in [-0.2, -0.15) is 0 Å². The van der Waals surface area contributed by atoms with Crippen molar-refractivity contribution in [2.24, 2.45) is 5.41 Å². The van der Waals surface area contributed by atoms with Crippen molar-refractivity contribution in [3.63, 3.8) is 0 Å². The molecule has 0 aromatic heterocycles. The molecule has 2 heteroatoms. The van der Waals surface area contributed by atoms with Gasteiger partial charge in [0.05, 0.1) is 0 Å². The molecule has 0 aromatic carbocycles. The fourth-order valence-corrected chi connectivity index (χ4v) is 3.36. The minimum absolute atomic E-state index is 0.679. The molecule has 0 aromatic rings. The summed E-state index contributed by atoms with van der Waals surface area (Å²) >= 11 is 0. The van der Waals surface area contributed by atoms with Crippen LogP contribution in [0.1, 0.15) is 39.5 Å². The summed E-state index contributed by atoms with van der Waals surface area (Å²) in [6.45, 7) is 9.98. The van der Waals surface area contributed by atoms with E-state index in [4.69, 9.17) is 0 Å². The van der Waals surface area contributed by atoms with Gasteiger partial charge in [-0.25, -0.2) is 0 Å². The first-order chi connectivity index (χ1) is 7.11. The Kier molecular flexibility index (Phi) is 3.36. The van der Waals surface area contributed by atoms with Crippen molar-refractivity contribution in [3.8, 4) is 0 Å². The predicted octanol–water partition coefficient (Wildman–Crippen LogP) is 2.20. The first-order valence-electron chi connectivity index (χ1n) is 6.54. The monoisotopic (exact) mass is 210 g/mol. The van der Waals surface area contributed by atoms with E-state index >= 15 is 0 Å². The molecule has 0 N–H and O–H groups in total. The van der Waals surface area contributed by atoms with Crippen LogP contribution in [0.4, 0.5) is 0 Å². The Morgan fingerprint density at radius 2 is 1.73 bits per heavy atom. The summed E-state index contributed by atoms with van der Waals surface area (Å²) in [6, 6.07) is 0.735.